The monoisotopic (exact) mass is 438 g/mol. The molecule has 1 aliphatic heterocycles. The van der Waals surface area contributed by atoms with Gasteiger partial charge in [0.05, 0.1) is 21.4 Å². The Morgan fingerprint density at radius 3 is 2.55 bits per heavy atom. The Bertz CT molecular complexity index is 738. The molecule has 4 nitrogen and oxygen atoms in total. The van der Waals surface area contributed by atoms with Crippen molar-refractivity contribution in [2.75, 3.05) is 19.6 Å². The zero-order valence-electron chi connectivity index (χ0n) is 16.5. The van der Waals surface area contributed by atoms with E-state index in [1.165, 1.54) is 44.9 Å². The number of fused-ring (bicyclic) bond motifs is 2. The van der Waals surface area contributed by atoms with Crippen LogP contribution in [0.1, 0.15) is 75.6 Å². The number of halogens is 1. The van der Waals surface area contributed by atoms with Crippen LogP contribution in [0.5, 0.6) is 0 Å². The summed E-state index contributed by atoms with van der Waals surface area (Å²) in [6, 6.07) is 5.28. The van der Waals surface area contributed by atoms with Crippen molar-refractivity contribution in [2.24, 2.45) is 11.3 Å². The lowest BCUT2D eigenvalue weighted by Crippen LogP contribution is -2.43. The lowest BCUT2D eigenvalue weighted by molar-refractivity contribution is 0.0681. The van der Waals surface area contributed by atoms with Gasteiger partial charge < -0.3 is 10.6 Å². The molecule has 1 unspecified atom stereocenters. The summed E-state index contributed by atoms with van der Waals surface area (Å²) in [5, 5.41) is 7.06. The maximum absolute atomic E-state index is 12.9. The molecule has 2 N–H and O–H groups in total. The van der Waals surface area contributed by atoms with Crippen LogP contribution in [0.25, 0.3) is 0 Å². The van der Waals surface area contributed by atoms with Crippen molar-refractivity contribution in [1.82, 2.24) is 10.6 Å². The highest BCUT2D eigenvalue weighted by Gasteiger charge is 2.39. The summed E-state index contributed by atoms with van der Waals surface area (Å²) in [7, 11) is -1.10. The van der Waals surface area contributed by atoms with Crippen LogP contribution >= 0.6 is 11.6 Å². The molecule has 2 aliphatic carbocycles. The summed E-state index contributed by atoms with van der Waals surface area (Å²) < 4.78 is 12.9. The van der Waals surface area contributed by atoms with Crippen molar-refractivity contribution in [3.05, 3.63) is 28.8 Å². The Morgan fingerprint density at radius 2 is 1.86 bits per heavy atom. The van der Waals surface area contributed by atoms with Gasteiger partial charge in [0.25, 0.3) is 5.91 Å². The molecule has 1 atom stereocenters. The molecule has 1 aromatic carbocycles. The summed E-state index contributed by atoms with van der Waals surface area (Å²) in [5.41, 5.74) is 0.736. The van der Waals surface area contributed by atoms with Crippen LogP contribution < -0.4 is 10.6 Å². The first-order valence-electron chi connectivity index (χ1n) is 10.8. The third kappa shape index (κ3) is 5.23. The molecule has 0 aromatic heterocycles. The van der Waals surface area contributed by atoms with E-state index in [4.69, 9.17) is 11.6 Å². The number of rotatable bonds is 5. The Morgan fingerprint density at radius 1 is 1.17 bits per heavy atom. The smallest absolute Gasteiger partial charge is 0.252 e. The molecule has 0 radical (unpaired) electrons. The number of hydrogen-bond acceptors (Lipinski definition) is 3. The predicted octanol–water partition coefficient (Wildman–Crippen LogP) is 4.93. The van der Waals surface area contributed by atoms with Crippen LogP contribution in [-0.4, -0.2) is 35.0 Å². The highest BCUT2D eigenvalue weighted by molar-refractivity contribution is 7.85. The minimum atomic E-state index is -1.10. The summed E-state index contributed by atoms with van der Waals surface area (Å²) in [4.78, 5) is 13.6. The van der Waals surface area contributed by atoms with Gasteiger partial charge in [0.2, 0.25) is 0 Å². The van der Waals surface area contributed by atoms with Crippen LogP contribution in [0.15, 0.2) is 23.1 Å². The van der Waals surface area contributed by atoms with Gasteiger partial charge in [-0.2, -0.15) is 0 Å². The average molecular weight is 439 g/mol. The summed E-state index contributed by atoms with van der Waals surface area (Å²) in [6.45, 7) is 2.54. The molecule has 3 aliphatic rings. The fourth-order valence-corrected chi connectivity index (χ4v) is 7.13. The molecule has 1 heterocycles. The lowest BCUT2D eigenvalue weighted by atomic mass is 9.62. The first-order chi connectivity index (χ1) is 13.6. The number of carbonyl (C=O) groups excluding carboxylic acids is 1. The van der Waals surface area contributed by atoms with E-state index in [1.807, 2.05) is 6.07 Å². The highest BCUT2D eigenvalue weighted by Crippen LogP contribution is 2.48. The largest absolute Gasteiger partial charge is 0.351 e. The average Bonchev–Trinajstić information content (AvgIpc) is 2.73. The van der Waals surface area contributed by atoms with Crippen LogP contribution in [0.4, 0.5) is 0 Å². The maximum atomic E-state index is 12.9. The molecule has 1 saturated heterocycles. The molecule has 29 heavy (non-hydrogen) atoms. The van der Waals surface area contributed by atoms with Gasteiger partial charge in [-0.3, -0.25) is 9.00 Å². The Labute approximate surface area is 183 Å². The van der Waals surface area contributed by atoms with E-state index in [-0.39, 0.29) is 24.0 Å². The van der Waals surface area contributed by atoms with E-state index in [2.05, 4.69) is 10.6 Å². The van der Waals surface area contributed by atoms with Crippen LogP contribution in [0.3, 0.4) is 0 Å². The van der Waals surface area contributed by atoms with Crippen molar-refractivity contribution in [3.8, 4) is 0 Å². The quantitative estimate of drug-likeness (QED) is 0.685. The second-order valence-electron chi connectivity index (χ2n) is 8.93. The van der Waals surface area contributed by atoms with E-state index in [0.717, 1.165) is 43.3 Å². The van der Waals surface area contributed by atoms with Crippen molar-refractivity contribution in [3.63, 3.8) is 0 Å². The van der Waals surface area contributed by atoms with E-state index in [9.17, 15) is 9.00 Å². The molecule has 1 amide bonds. The molecule has 6 heteroatoms. The van der Waals surface area contributed by atoms with Crippen molar-refractivity contribution < 1.29 is 9.00 Å². The van der Waals surface area contributed by atoms with Gasteiger partial charge in [0.15, 0.2) is 0 Å². The number of amides is 1. The topological polar surface area (TPSA) is 58.2 Å². The zero-order chi connectivity index (χ0) is 19.6. The van der Waals surface area contributed by atoms with Gasteiger partial charge >= 0.3 is 0 Å². The molecule has 2 bridgehead atoms. The van der Waals surface area contributed by atoms with Crippen LogP contribution in [-0.2, 0) is 10.8 Å². The van der Waals surface area contributed by atoms with Crippen LogP contribution in [0.2, 0.25) is 5.02 Å². The SMILES string of the molecule is C.O=C(NCC12CCCC(CCC1)C2)c1cc(S(=O)C2CCNCC2)ccc1Cl. The number of piperidine rings is 1. The number of carbonyl (C=O) groups is 1. The zero-order valence-corrected chi connectivity index (χ0v) is 18.0. The van der Waals surface area contributed by atoms with E-state index in [1.54, 1.807) is 12.1 Å². The number of nitrogens with one attached hydrogen (secondary N) is 2. The Kier molecular flexibility index (Phi) is 7.80. The molecular formula is C23H35ClN2O2S. The number of benzene rings is 1. The molecule has 3 fully saturated rings. The standard InChI is InChI=1S/C22H31ClN2O2S.CH4/c23-20-6-5-18(28(27)17-7-11-24-12-8-17)13-19(20)21(26)25-15-22-9-1-3-16(14-22)4-2-10-22;/h5-6,13,16-17,24H,1-4,7-12,14-15H2,(H,25,26);1H4. The van der Waals surface area contributed by atoms with Gasteiger partial charge in [-0.25, -0.2) is 0 Å². The first kappa shape index (κ1) is 22.8. The van der Waals surface area contributed by atoms with E-state index in [0.29, 0.717) is 10.6 Å². The van der Waals surface area contributed by atoms with Gasteiger partial charge in [-0.15, -0.1) is 0 Å². The highest BCUT2D eigenvalue weighted by atomic mass is 35.5. The normalized spacial score (nSPS) is 28.2. The first-order valence-corrected chi connectivity index (χ1v) is 12.3. The van der Waals surface area contributed by atoms with E-state index >= 15 is 0 Å². The summed E-state index contributed by atoms with van der Waals surface area (Å²) >= 11 is 6.34. The van der Waals surface area contributed by atoms with Gasteiger partial charge in [-0.05, 0) is 74.7 Å². The van der Waals surface area contributed by atoms with Crippen molar-refractivity contribution in [2.45, 2.75) is 75.4 Å². The molecule has 0 spiro atoms. The third-order valence-corrected chi connectivity index (χ3v) is 9.11. The van der Waals surface area contributed by atoms with Gasteiger partial charge in [0.1, 0.15) is 0 Å². The van der Waals surface area contributed by atoms with Crippen molar-refractivity contribution >= 4 is 28.3 Å². The maximum Gasteiger partial charge on any atom is 0.252 e. The number of hydrogen-bond donors (Lipinski definition) is 2. The molecule has 162 valence electrons. The third-order valence-electron chi connectivity index (χ3n) is 6.99. The van der Waals surface area contributed by atoms with Gasteiger partial charge in [0, 0.05) is 16.7 Å². The summed E-state index contributed by atoms with van der Waals surface area (Å²) in [5.74, 6) is 0.718. The fraction of sp³-hybridized carbons (Fsp3) is 0.696. The molecule has 1 aromatic rings. The van der Waals surface area contributed by atoms with Crippen LogP contribution in [0, 0.1) is 11.3 Å². The van der Waals surface area contributed by atoms with E-state index < -0.39 is 10.8 Å². The lowest BCUT2D eigenvalue weighted by Gasteiger charge is -2.45. The Balaban J connectivity index is 0.00000240. The fourth-order valence-electron chi connectivity index (χ4n) is 5.44. The predicted molar refractivity (Wildman–Crippen MR) is 121 cm³/mol. The second-order valence-corrected chi connectivity index (χ2v) is 11.1. The molecule has 2 saturated carbocycles. The summed E-state index contributed by atoms with van der Waals surface area (Å²) in [6.07, 6.45) is 10.8. The van der Waals surface area contributed by atoms with Gasteiger partial charge in [-0.1, -0.05) is 44.7 Å². The van der Waals surface area contributed by atoms with Crippen molar-refractivity contribution in [1.29, 1.82) is 0 Å². The molecular weight excluding hydrogens is 404 g/mol. The Hall–Kier alpha value is -0.910. The minimum absolute atomic E-state index is 0. The minimum Gasteiger partial charge on any atom is -0.351 e. The second kappa shape index (κ2) is 9.93. The molecule has 4 rings (SSSR count).